The summed E-state index contributed by atoms with van der Waals surface area (Å²) >= 11 is 0. The zero-order chi connectivity index (χ0) is 9.52. The van der Waals surface area contributed by atoms with Crippen LogP contribution in [0.1, 0.15) is 33.1 Å². The van der Waals surface area contributed by atoms with Crippen LogP contribution in [0.25, 0.3) is 0 Å². The zero-order valence-electron chi connectivity index (χ0n) is 9.01. The molecular formula is C11H23NO. The predicted octanol–water partition coefficient (Wildman–Crippen LogP) is 2.05. The number of rotatable bonds is 5. The van der Waals surface area contributed by atoms with Gasteiger partial charge < -0.3 is 10.1 Å². The minimum absolute atomic E-state index is 0.771. The molecule has 1 heterocycles. The first-order chi connectivity index (χ1) is 6.29. The van der Waals surface area contributed by atoms with Crippen molar-refractivity contribution < 1.29 is 4.74 Å². The molecule has 0 radical (unpaired) electrons. The van der Waals surface area contributed by atoms with Crippen LogP contribution in [0.5, 0.6) is 0 Å². The summed E-state index contributed by atoms with van der Waals surface area (Å²) < 4.78 is 5.66. The van der Waals surface area contributed by atoms with E-state index >= 15 is 0 Å². The molecule has 2 nitrogen and oxygen atoms in total. The first-order valence-corrected chi connectivity index (χ1v) is 5.57. The van der Waals surface area contributed by atoms with Crippen molar-refractivity contribution in [2.24, 2.45) is 11.8 Å². The molecule has 0 atom stereocenters. The summed E-state index contributed by atoms with van der Waals surface area (Å²) in [5.74, 6) is 1.58. The average molecular weight is 185 g/mol. The highest BCUT2D eigenvalue weighted by Gasteiger charge is 2.12. The van der Waals surface area contributed by atoms with Gasteiger partial charge in [0.25, 0.3) is 0 Å². The lowest BCUT2D eigenvalue weighted by Crippen LogP contribution is -2.30. The molecule has 1 fully saturated rings. The fourth-order valence-corrected chi connectivity index (χ4v) is 1.62. The van der Waals surface area contributed by atoms with Gasteiger partial charge >= 0.3 is 0 Å². The van der Waals surface area contributed by atoms with Crippen LogP contribution in [0.3, 0.4) is 0 Å². The Morgan fingerprint density at radius 2 is 2.00 bits per heavy atom. The molecule has 0 aromatic heterocycles. The third kappa shape index (κ3) is 5.27. The molecule has 13 heavy (non-hydrogen) atoms. The standard InChI is InChI=1S/C11H23NO/c1-10(2)5-8-13-9-11-3-6-12-7-4-11/h10-12H,3-9H2,1-2H3. The molecule has 0 aromatic rings. The van der Waals surface area contributed by atoms with Crippen molar-refractivity contribution in [3.05, 3.63) is 0 Å². The number of ether oxygens (including phenoxy) is 1. The lowest BCUT2D eigenvalue weighted by molar-refractivity contribution is 0.0806. The van der Waals surface area contributed by atoms with Crippen molar-refractivity contribution in [1.29, 1.82) is 0 Å². The highest BCUT2D eigenvalue weighted by Crippen LogP contribution is 2.12. The Balaban J connectivity index is 1.92. The molecule has 2 heteroatoms. The summed E-state index contributed by atoms with van der Waals surface area (Å²) in [6.45, 7) is 8.77. The van der Waals surface area contributed by atoms with E-state index in [1.807, 2.05) is 0 Å². The highest BCUT2D eigenvalue weighted by molar-refractivity contribution is 4.67. The van der Waals surface area contributed by atoms with Crippen LogP contribution >= 0.6 is 0 Å². The number of piperidine rings is 1. The monoisotopic (exact) mass is 185 g/mol. The Bertz CT molecular complexity index is 119. The zero-order valence-corrected chi connectivity index (χ0v) is 9.01. The molecule has 1 aliphatic rings. The summed E-state index contributed by atoms with van der Waals surface area (Å²) in [6, 6.07) is 0. The van der Waals surface area contributed by atoms with E-state index in [2.05, 4.69) is 19.2 Å². The normalized spacial score (nSPS) is 19.6. The lowest BCUT2D eigenvalue weighted by Gasteiger charge is -2.22. The largest absolute Gasteiger partial charge is 0.381 e. The first kappa shape index (κ1) is 11.0. The van der Waals surface area contributed by atoms with Crippen LogP contribution < -0.4 is 5.32 Å². The van der Waals surface area contributed by atoms with Crippen LogP contribution in [0, 0.1) is 11.8 Å². The molecule has 0 saturated carbocycles. The quantitative estimate of drug-likeness (QED) is 0.662. The molecule has 0 amide bonds. The van der Waals surface area contributed by atoms with E-state index in [-0.39, 0.29) is 0 Å². The summed E-state index contributed by atoms with van der Waals surface area (Å²) in [7, 11) is 0. The van der Waals surface area contributed by atoms with E-state index in [0.29, 0.717) is 0 Å². The lowest BCUT2D eigenvalue weighted by atomic mass is 9.99. The van der Waals surface area contributed by atoms with E-state index in [1.165, 1.54) is 32.4 Å². The van der Waals surface area contributed by atoms with Gasteiger partial charge in [0.05, 0.1) is 0 Å². The van der Waals surface area contributed by atoms with Crippen LogP contribution in [0.4, 0.5) is 0 Å². The molecule has 1 aliphatic heterocycles. The van der Waals surface area contributed by atoms with Crippen LogP contribution in [-0.2, 0) is 4.74 Å². The second-order valence-electron chi connectivity index (χ2n) is 4.45. The number of nitrogens with one attached hydrogen (secondary N) is 1. The summed E-state index contributed by atoms with van der Waals surface area (Å²) in [5.41, 5.74) is 0. The molecule has 1 N–H and O–H groups in total. The Kier molecular flexibility index (Phi) is 5.40. The number of hydrogen-bond donors (Lipinski definition) is 1. The SMILES string of the molecule is CC(C)CCOCC1CCNCC1. The van der Waals surface area contributed by atoms with Crippen molar-refractivity contribution >= 4 is 0 Å². The minimum atomic E-state index is 0.771. The second-order valence-corrected chi connectivity index (χ2v) is 4.45. The molecule has 1 rings (SSSR count). The third-order valence-corrected chi connectivity index (χ3v) is 2.65. The maximum absolute atomic E-state index is 5.66. The van der Waals surface area contributed by atoms with E-state index in [1.54, 1.807) is 0 Å². The molecule has 0 aromatic carbocycles. The van der Waals surface area contributed by atoms with Crippen molar-refractivity contribution in [2.75, 3.05) is 26.3 Å². The van der Waals surface area contributed by atoms with Crippen molar-refractivity contribution in [2.45, 2.75) is 33.1 Å². The minimum Gasteiger partial charge on any atom is -0.381 e. The van der Waals surface area contributed by atoms with E-state index < -0.39 is 0 Å². The molecule has 0 unspecified atom stereocenters. The smallest absolute Gasteiger partial charge is 0.0495 e. The van der Waals surface area contributed by atoms with Gasteiger partial charge in [-0.2, -0.15) is 0 Å². The van der Waals surface area contributed by atoms with Gasteiger partial charge in [-0.3, -0.25) is 0 Å². The Hall–Kier alpha value is -0.0800. The first-order valence-electron chi connectivity index (χ1n) is 5.57. The fourth-order valence-electron chi connectivity index (χ4n) is 1.62. The molecular weight excluding hydrogens is 162 g/mol. The van der Waals surface area contributed by atoms with E-state index in [0.717, 1.165) is 25.0 Å². The van der Waals surface area contributed by atoms with Gasteiger partial charge in [-0.05, 0) is 44.2 Å². The Morgan fingerprint density at radius 3 is 2.62 bits per heavy atom. The summed E-state index contributed by atoms with van der Waals surface area (Å²) in [5, 5.41) is 3.37. The number of hydrogen-bond acceptors (Lipinski definition) is 2. The second kappa shape index (κ2) is 6.39. The van der Waals surface area contributed by atoms with Gasteiger partial charge in [0.1, 0.15) is 0 Å². The third-order valence-electron chi connectivity index (χ3n) is 2.65. The molecule has 78 valence electrons. The van der Waals surface area contributed by atoms with Gasteiger partial charge in [-0.25, -0.2) is 0 Å². The van der Waals surface area contributed by atoms with Crippen LogP contribution in [-0.4, -0.2) is 26.3 Å². The van der Waals surface area contributed by atoms with Gasteiger partial charge in [0.2, 0.25) is 0 Å². The maximum atomic E-state index is 5.66. The van der Waals surface area contributed by atoms with Crippen molar-refractivity contribution in [1.82, 2.24) is 5.32 Å². The van der Waals surface area contributed by atoms with Crippen molar-refractivity contribution in [3.8, 4) is 0 Å². The summed E-state index contributed by atoms with van der Waals surface area (Å²) in [6.07, 6.45) is 3.79. The summed E-state index contributed by atoms with van der Waals surface area (Å²) in [4.78, 5) is 0. The van der Waals surface area contributed by atoms with E-state index in [4.69, 9.17) is 4.74 Å². The van der Waals surface area contributed by atoms with E-state index in [9.17, 15) is 0 Å². The molecule has 0 aliphatic carbocycles. The van der Waals surface area contributed by atoms with Gasteiger partial charge in [-0.1, -0.05) is 13.8 Å². The van der Waals surface area contributed by atoms with Gasteiger partial charge in [0, 0.05) is 13.2 Å². The molecule has 1 saturated heterocycles. The highest BCUT2D eigenvalue weighted by atomic mass is 16.5. The van der Waals surface area contributed by atoms with Crippen LogP contribution in [0.2, 0.25) is 0 Å². The fraction of sp³-hybridized carbons (Fsp3) is 1.00. The van der Waals surface area contributed by atoms with Gasteiger partial charge in [0.15, 0.2) is 0 Å². The predicted molar refractivity (Wildman–Crippen MR) is 55.9 cm³/mol. The van der Waals surface area contributed by atoms with Gasteiger partial charge in [-0.15, -0.1) is 0 Å². The Morgan fingerprint density at radius 1 is 1.31 bits per heavy atom. The Labute approximate surface area is 82.0 Å². The van der Waals surface area contributed by atoms with Crippen molar-refractivity contribution in [3.63, 3.8) is 0 Å². The van der Waals surface area contributed by atoms with Crippen LogP contribution in [0.15, 0.2) is 0 Å². The topological polar surface area (TPSA) is 21.3 Å². The maximum Gasteiger partial charge on any atom is 0.0495 e. The molecule has 0 spiro atoms. The average Bonchev–Trinajstić information content (AvgIpc) is 2.14. The molecule has 0 bridgehead atoms.